The molecule has 1 aromatic rings. The van der Waals surface area contributed by atoms with Crippen molar-refractivity contribution in [2.45, 2.75) is 40.2 Å². The van der Waals surface area contributed by atoms with Gasteiger partial charge in [-0.1, -0.05) is 32.0 Å². The number of para-hydroxylation sites is 1. The summed E-state index contributed by atoms with van der Waals surface area (Å²) in [5.74, 6) is 0. The van der Waals surface area contributed by atoms with Gasteiger partial charge in [-0.3, -0.25) is 0 Å². The third-order valence-corrected chi connectivity index (χ3v) is 2.84. The van der Waals surface area contributed by atoms with Crippen molar-refractivity contribution >= 4 is 5.69 Å². The smallest absolute Gasteiger partial charge is 0.0441 e. The van der Waals surface area contributed by atoms with E-state index in [0.29, 0.717) is 6.54 Å². The van der Waals surface area contributed by atoms with Crippen LogP contribution in [0.25, 0.3) is 0 Å². The molecule has 0 aliphatic heterocycles. The molecule has 90 valence electrons. The van der Waals surface area contributed by atoms with Crippen LogP contribution >= 0.6 is 0 Å². The summed E-state index contributed by atoms with van der Waals surface area (Å²) in [5.41, 5.74) is 9.78. The summed E-state index contributed by atoms with van der Waals surface area (Å²) in [6.07, 6.45) is 2.36. The Morgan fingerprint density at radius 1 is 1.12 bits per heavy atom. The van der Waals surface area contributed by atoms with Gasteiger partial charge in [-0.2, -0.15) is 0 Å². The van der Waals surface area contributed by atoms with Gasteiger partial charge in [-0.25, -0.2) is 0 Å². The lowest BCUT2D eigenvalue weighted by Gasteiger charge is -2.28. The maximum atomic E-state index is 5.82. The Hall–Kier alpha value is -1.02. The summed E-state index contributed by atoms with van der Waals surface area (Å²) < 4.78 is 0. The quantitative estimate of drug-likeness (QED) is 0.798. The average molecular weight is 220 g/mol. The van der Waals surface area contributed by atoms with E-state index in [4.69, 9.17) is 5.73 Å². The summed E-state index contributed by atoms with van der Waals surface area (Å²) in [7, 11) is 0. The molecule has 0 bridgehead atoms. The molecule has 0 aromatic heterocycles. The zero-order chi connectivity index (χ0) is 12.0. The second-order valence-electron chi connectivity index (χ2n) is 4.27. The molecule has 2 heteroatoms. The molecule has 0 radical (unpaired) electrons. The zero-order valence-electron chi connectivity index (χ0n) is 10.8. The lowest BCUT2D eigenvalue weighted by molar-refractivity contribution is 0.737. The van der Waals surface area contributed by atoms with Crippen molar-refractivity contribution in [1.82, 2.24) is 0 Å². The lowest BCUT2D eigenvalue weighted by atomic mass is 10.1. The van der Waals surface area contributed by atoms with Crippen molar-refractivity contribution in [1.29, 1.82) is 0 Å². The topological polar surface area (TPSA) is 29.3 Å². The molecule has 0 unspecified atom stereocenters. The van der Waals surface area contributed by atoms with Crippen molar-refractivity contribution in [2.75, 3.05) is 18.0 Å². The van der Waals surface area contributed by atoms with Crippen molar-refractivity contribution in [3.63, 3.8) is 0 Å². The number of anilines is 1. The SMILES string of the molecule is CCCN(CCC)c1c(C)cccc1CN. The van der Waals surface area contributed by atoms with E-state index in [2.05, 4.69) is 43.9 Å². The van der Waals surface area contributed by atoms with Crippen LogP contribution in [0.15, 0.2) is 18.2 Å². The van der Waals surface area contributed by atoms with E-state index in [1.165, 1.54) is 29.7 Å². The van der Waals surface area contributed by atoms with Gasteiger partial charge in [0.05, 0.1) is 0 Å². The predicted octanol–water partition coefficient (Wildman–Crippen LogP) is 3.08. The molecule has 1 rings (SSSR count). The first kappa shape index (κ1) is 13.0. The highest BCUT2D eigenvalue weighted by molar-refractivity contribution is 5.59. The molecular weight excluding hydrogens is 196 g/mol. The summed E-state index contributed by atoms with van der Waals surface area (Å²) in [6.45, 7) is 9.48. The van der Waals surface area contributed by atoms with Crippen LogP contribution in [-0.4, -0.2) is 13.1 Å². The highest BCUT2D eigenvalue weighted by atomic mass is 15.1. The summed E-state index contributed by atoms with van der Waals surface area (Å²) >= 11 is 0. The molecule has 0 amide bonds. The van der Waals surface area contributed by atoms with Gasteiger partial charge in [0, 0.05) is 25.3 Å². The van der Waals surface area contributed by atoms with Crippen molar-refractivity contribution < 1.29 is 0 Å². The number of nitrogens with two attached hydrogens (primary N) is 1. The van der Waals surface area contributed by atoms with E-state index >= 15 is 0 Å². The van der Waals surface area contributed by atoms with Gasteiger partial charge in [0.25, 0.3) is 0 Å². The van der Waals surface area contributed by atoms with Crippen LogP contribution in [0, 0.1) is 6.92 Å². The molecule has 0 saturated carbocycles. The van der Waals surface area contributed by atoms with Gasteiger partial charge in [-0.15, -0.1) is 0 Å². The normalized spacial score (nSPS) is 10.5. The van der Waals surface area contributed by atoms with Crippen molar-refractivity contribution in [2.24, 2.45) is 5.73 Å². The van der Waals surface area contributed by atoms with Gasteiger partial charge < -0.3 is 10.6 Å². The molecule has 2 N–H and O–H groups in total. The Morgan fingerprint density at radius 3 is 2.25 bits per heavy atom. The highest BCUT2D eigenvalue weighted by Gasteiger charge is 2.11. The minimum atomic E-state index is 0.626. The lowest BCUT2D eigenvalue weighted by Crippen LogP contribution is -2.27. The minimum Gasteiger partial charge on any atom is -0.371 e. The maximum Gasteiger partial charge on any atom is 0.0441 e. The van der Waals surface area contributed by atoms with Crippen LogP contribution in [0.3, 0.4) is 0 Å². The molecule has 0 aliphatic rings. The Bertz CT molecular complexity index is 315. The first-order chi connectivity index (χ1) is 7.74. The molecular formula is C14H24N2. The molecule has 0 spiro atoms. The third-order valence-electron chi connectivity index (χ3n) is 2.84. The molecule has 0 fully saturated rings. The van der Waals surface area contributed by atoms with E-state index in [1.54, 1.807) is 0 Å². The summed E-state index contributed by atoms with van der Waals surface area (Å²) in [4.78, 5) is 2.47. The molecule has 0 heterocycles. The van der Waals surface area contributed by atoms with Crippen LogP contribution in [-0.2, 0) is 6.54 Å². The number of aryl methyl sites for hydroxylation is 1. The Labute approximate surface area is 99.5 Å². The Morgan fingerprint density at radius 2 is 1.75 bits per heavy atom. The number of hydrogen-bond donors (Lipinski definition) is 1. The molecule has 0 atom stereocenters. The van der Waals surface area contributed by atoms with Gasteiger partial charge in [-0.05, 0) is 30.9 Å². The molecule has 16 heavy (non-hydrogen) atoms. The summed E-state index contributed by atoms with van der Waals surface area (Å²) in [5, 5.41) is 0. The van der Waals surface area contributed by atoms with Crippen LogP contribution in [0.1, 0.15) is 37.8 Å². The van der Waals surface area contributed by atoms with Crippen LogP contribution in [0.2, 0.25) is 0 Å². The van der Waals surface area contributed by atoms with E-state index in [0.717, 1.165) is 13.1 Å². The predicted molar refractivity (Wildman–Crippen MR) is 71.9 cm³/mol. The third kappa shape index (κ3) is 2.99. The summed E-state index contributed by atoms with van der Waals surface area (Å²) in [6, 6.07) is 6.41. The largest absolute Gasteiger partial charge is 0.371 e. The van der Waals surface area contributed by atoms with Gasteiger partial charge in [0.15, 0.2) is 0 Å². The highest BCUT2D eigenvalue weighted by Crippen LogP contribution is 2.25. The van der Waals surface area contributed by atoms with E-state index in [9.17, 15) is 0 Å². The number of hydrogen-bond acceptors (Lipinski definition) is 2. The Kier molecular flexibility index (Phi) is 5.33. The standard InChI is InChI=1S/C14H24N2/c1-4-9-16(10-5-2)14-12(3)7-6-8-13(14)11-15/h6-8H,4-5,9-11,15H2,1-3H3. The van der Waals surface area contributed by atoms with E-state index < -0.39 is 0 Å². The first-order valence-corrected chi connectivity index (χ1v) is 6.28. The fraction of sp³-hybridized carbons (Fsp3) is 0.571. The zero-order valence-corrected chi connectivity index (χ0v) is 10.8. The second kappa shape index (κ2) is 6.54. The Balaban J connectivity index is 3.05. The average Bonchev–Trinajstić information content (AvgIpc) is 2.28. The van der Waals surface area contributed by atoms with E-state index in [1.807, 2.05) is 0 Å². The van der Waals surface area contributed by atoms with Gasteiger partial charge in [0.2, 0.25) is 0 Å². The molecule has 0 aliphatic carbocycles. The maximum absolute atomic E-state index is 5.82. The number of nitrogens with zero attached hydrogens (tertiary/aromatic N) is 1. The number of benzene rings is 1. The second-order valence-corrected chi connectivity index (χ2v) is 4.27. The fourth-order valence-electron chi connectivity index (χ4n) is 2.21. The van der Waals surface area contributed by atoms with E-state index in [-0.39, 0.29) is 0 Å². The van der Waals surface area contributed by atoms with Crippen LogP contribution < -0.4 is 10.6 Å². The minimum absolute atomic E-state index is 0.626. The monoisotopic (exact) mass is 220 g/mol. The first-order valence-electron chi connectivity index (χ1n) is 6.28. The van der Waals surface area contributed by atoms with Crippen molar-refractivity contribution in [3.05, 3.63) is 29.3 Å². The van der Waals surface area contributed by atoms with Crippen LogP contribution in [0.4, 0.5) is 5.69 Å². The molecule has 2 nitrogen and oxygen atoms in total. The number of rotatable bonds is 6. The fourth-order valence-corrected chi connectivity index (χ4v) is 2.21. The van der Waals surface area contributed by atoms with Gasteiger partial charge in [0.1, 0.15) is 0 Å². The van der Waals surface area contributed by atoms with Crippen LogP contribution in [0.5, 0.6) is 0 Å². The molecule has 0 saturated heterocycles. The van der Waals surface area contributed by atoms with Gasteiger partial charge >= 0.3 is 0 Å². The van der Waals surface area contributed by atoms with Crippen molar-refractivity contribution in [3.8, 4) is 0 Å². The molecule has 1 aromatic carbocycles.